The van der Waals surface area contributed by atoms with Crippen LogP contribution in [0, 0.1) is 18.8 Å². The first kappa shape index (κ1) is 25.6. The van der Waals surface area contributed by atoms with E-state index in [0.29, 0.717) is 54.7 Å². The molecular weight excluding hydrogens is 452 g/mol. The molecule has 1 heterocycles. The van der Waals surface area contributed by atoms with E-state index in [1.807, 2.05) is 39.0 Å². The first-order chi connectivity index (χ1) is 16.2. The summed E-state index contributed by atoms with van der Waals surface area (Å²) >= 11 is 6.00. The third-order valence-corrected chi connectivity index (χ3v) is 6.25. The number of nitrogens with one attached hydrogen (secondary N) is 3. The minimum atomic E-state index is -0.663. The fourth-order valence-corrected chi connectivity index (χ4v) is 4.25. The van der Waals surface area contributed by atoms with Crippen LogP contribution in [0.15, 0.2) is 48.5 Å². The van der Waals surface area contributed by atoms with Crippen molar-refractivity contribution in [3.63, 3.8) is 0 Å². The molecule has 4 amide bonds. The number of piperidine rings is 1. The van der Waals surface area contributed by atoms with Crippen LogP contribution in [0.4, 0.5) is 10.5 Å². The first-order valence-corrected chi connectivity index (χ1v) is 12.1. The molecule has 1 atom stereocenters. The minimum Gasteiger partial charge on any atom is -0.354 e. The SMILES string of the molecule is Cc1ccccc1C(=O)N[C@@H](C(=O)NCC(C)C)C1CCN(C(=O)Nc2cccc(Cl)c2)CC1. The number of likely N-dealkylation sites (tertiary alicyclic amines) is 1. The lowest BCUT2D eigenvalue weighted by molar-refractivity contribution is -0.124. The summed E-state index contributed by atoms with van der Waals surface area (Å²) in [5, 5.41) is 9.35. The molecule has 1 saturated heterocycles. The number of amides is 4. The summed E-state index contributed by atoms with van der Waals surface area (Å²) in [6, 6.07) is 13.5. The van der Waals surface area contributed by atoms with Gasteiger partial charge in [-0.2, -0.15) is 0 Å². The number of nitrogens with zero attached hydrogens (tertiary/aromatic N) is 1. The predicted molar refractivity (Wildman–Crippen MR) is 135 cm³/mol. The molecule has 2 aromatic carbocycles. The van der Waals surface area contributed by atoms with Gasteiger partial charge in [0.15, 0.2) is 0 Å². The molecule has 3 N–H and O–H groups in total. The molecule has 0 aliphatic carbocycles. The van der Waals surface area contributed by atoms with E-state index in [-0.39, 0.29) is 23.8 Å². The summed E-state index contributed by atoms with van der Waals surface area (Å²) < 4.78 is 0. The van der Waals surface area contributed by atoms with Gasteiger partial charge in [-0.25, -0.2) is 4.79 Å². The lowest BCUT2D eigenvalue weighted by atomic mass is 9.88. The second kappa shape index (κ2) is 11.9. The number of hydrogen-bond donors (Lipinski definition) is 3. The molecule has 0 spiro atoms. The van der Waals surface area contributed by atoms with E-state index in [0.717, 1.165) is 5.56 Å². The van der Waals surface area contributed by atoms with E-state index in [1.165, 1.54) is 0 Å². The lowest BCUT2D eigenvalue weighted by Gasteiger charge is -2.36. The van der Waals surface area contributed by atoms with E-state index in [4.69, 9.17) is 11.6 Å². The summed E-state index contributed by atoms with van der Waals surface area (Å²) in [4.78, 5) is 40.5. The maximum Gasteiger partial charge on any atom is 0.321 e. The summed E-state index contributed by atoms with van der Waals surface area (Å²) in [6.45, 7) is 7.45. The molecule has 7 nitrogen and oxygen atoms in total. The number of urea groups is 1. The van der Waals surface area contributed by atoms with E-state index in [2.05, 4.69) is 16.0 Å². The number of aryl methyl sites for hydroxylation is 1. The van der Waals surface area contributed by atoms with E-state index >= 15 is 0 Å². The van der Waals surface area contributed by atoms with Crippen LogP contribution in [-0.4, -0.2) is 48.4 Å². The van der Waals surface area contributed by atoms with Gasteiger partial charge in [0.05, 0.1) is 0 Å². The number of halogens is 1. The highest BCUT2D eigenvalue weighted by Gasteiger charge is 2.34. The Hall–Kier alpha value is -3.06. The van der Waals surface area contributed by atoms with Gasteiger partial charge in [-0.1, -0.05) is 49.7 Å². The Morgan fingerprint density at radius 2 is 1.76 bits per heavy atom. The second-order valence-corrected chi connectivity index (χ2v) is 9.61. The Labute approximate surface area is 206 Å². The van der Waals surface area contributed by atoms with Crippen molar-refractivity contribution in [2.75, 3.05) is 25.0 Å². The van der Waals surface area contributed by atoms with Crippen molar-refractivity contribution in [2.45, 2.75) is 39.7 Å². The minimum absolute atomic E-state index is 0.0737. The van der Waals surface area contributed by atoms with Gasteiger partial charge in [-0.15, -0.1) is 0 Å². The van der Waals surface area contributed by atoms with Gasteiger partial charge in [-0.3, -0.25) is 9.59 Å². The maximum absolute atomic E-state index is 13.1. The van der Waals surface area contributed by atoms with Gasteiger partial charge in [0.25, 0.3) is 5.91 Å². The van der Waals surface area contributed by atoms with E-state index < -0.39 is 6.04 Å². The third-order valence-electron chi connectivity index (χ3n) is 6.02. The number of carbonyl (C=O) groups is 3. The highest BCUT2D eigenvalue weighted by Crippen LogP contribution is 2.23. The van der Waals surface area contributed by atoms with Gasteiger partial charge in [0.1, 0.15) is 6.04 Å². The molecular formula is C26H33ClN4O3. The number of rotatable bonds is 7. The molecule has 3 rings (SSSR count). The van der Waals surface area contributed by atoms with Gasteiger partial charge < -0.3 is 20.9 Å². The zero-order valence-corrected chi connectivity index (χ0v) is 20.7. The van der Waals surface area contributed by atoms with Crippen LogP contribution in [0.3, 0.4) is 0 Å². The predicted octanol–water partition coefficient (Wildman–Crippen LogP) is 4.46. The van der Waals surface area contributed by atoms with Crippen molar-refractivity contribution >= 4 is 35.1 Å². The van der Waals surface area contributed by atoms with Crippen molar-refractivity contribution < 1.29 is 14.4 Å². The Morgan fingerprint density at radius 1 is 1.06 bits per heavy atom. The zero-order chi connectivity index (χ0) is 24.7. The summed E-state index contributed by atoms with van der Waals surface area (Å²) in [5.41, 5.74) is 2.05. The van der Waals surface area contributed by atoms with Crippen LogP contribution in [0.2, 0.25) is 5.02 Å². The molecule has 1 aliphatic rings. The van der Waals surface area contributed by atoms with Crippen molar-refractivity contribution in [3.8, 4) is 0 Å². The summed E-state index contributed by atoms with van der Waals surface area (Å²) in [6.07, 6.45) is 1.22. The molecule has 0 saturated carbocycles. The van der Waals surface area contributed by atoms with Crippen molar-refractivity contribution in [3.05, 3.63) is 64.7 Å². The smallest absolute Gasteiger partial charge is 0.321 e. The Balaban J connectivity index is 1.65. The van der Waals surface area contributed by atoms with Crippen molar-refractivity contribution in [2.24, 2.45) is 11.8 Å². The fraction of sp³-hybridized carbons (Fsp3) is 0.423. The highest BCUT2D eigenvalue weighted by molar-refractivity contribution is 6.30. The van der Waals surface area contributed by atoms with E-state index in [1.54, 1.807) is 35.2 Å². The third kappa shape index (κ3) is 6.97. The van der Waals surface area contributed by atoms with Crippen LogP contribution in [-0.2, 0) is 4.79 Å². The van der Waals surface area contributed by atoms with Gasteiger partial charge >= 0.3 is 6.03 Å². The van der Waals surface area contributed by atoms with Gasteiger partial charge in [-0.05, 0) is 61.4 Å². The molecule has 8 heteroatoms. The number of hydrogen-bond acceptors (Lipinski definition) is 3. The van der Waals surface area contributed by atoms with Crippen LogP contribution in [0.1, 0.15) is 42.6 Å². The Kier molecular flexibility index (Phi) is 8.93. The average Bonchev–Trinajstić information content (AvgIpc) is 2.81. The maximum atomic E-state index is 13.1. The van der Waals surface area contributed by atoms with Crippen LogP contribution in [0.25, 0.3) is 0 Å². The lowest BCUT2D eigenvalue weighted by Crippen LogP contribution is -2.54. The number of anilines is 1. The molecule has 34 heavy (non-hydrogen) atoms. The van der Waals surface area contributed by atoms with Crippen LogP contribution in [0.5, 0.6) is 0 Å². The average molecular weight is 485 g/mol. The Bertz CT molecular complexity index is 1020. The van der Waals surface area contributed by atoms with Gasteiger partial charge in [0.2, 0.25) is 5.91 Å². The van der Waals surface area contributed by atoms with Crippen LogP contribution >= 0.6 is 11.6 Å². The molecule has 2 aromatic rings. The number of carbonyl (C=O) groups excluding carboxylic acids is 3. The van der Waals surface area contributed by atoms with Gasteiger partial charge in [0, 0.05) is 35.9 Å². The molecule has 0 unspecified atom stereocenters. The number of benzene rings is 2. The largest absolute Gasteiger partial charge is 0.354 e. The van der Waals surface area contributed by atoms with Crippen LogP contribution < -0.4 is 16.0 Å². The summed E-state index contributed by atoms with van der Waals surface area (Å²) in [7, 11) is 0. The molecule has 1 aliphatic heterocycles. The zero-order valence-electron chi connectivity index (χ0n) is 19.9. The molecule has 182 valence electrons. The first-order valence-electron chi connectivity index (χ1n) is 11.7. The fourth-order valence-electron chi connectivity index (χ4n) is 4.06. The molecule has 0 bridgehead atoms. The topological polar surface area (TPSA) is 90.5 Å². The second-order valence-electron chi connectivity index (χ2n) is 9.17. The standard InChI is InChI=1S/C26H33ClN4O3/c1-17(2)16-28-25(33)23(30-24(32)22-10-5-4-7-18(22)3)19-11-13-31(14-12-19)26(34)29-21-9-6-8-20(27)15-21/h4-10,15,17,19,23H,11-14,16H2,1-3H3,(H,28,33)(H,29,34)(H,30,32)/t23-/m1/s1. The van der Waals surface area contributed by atoms with Crippen molar-refractivity contribution in [1.82, 2.24) is 15.5 Å². The monoisotopic (exact) mass is 484 g/mol. The molecule has 1 fully saturated rings. The van der Waals surface area contributed by atoms with Crippen molar-refractivity contribution in [1.29, 1.82) is 0 Å². The molecule has 0 aromatic heterocycles. The quantitative estimate of drug-likeness (QED) is 0.541. The summed E-state index contributed by atoms with van der Waals surface area (Å²) in [5.74, 6) is -0.217. The normalized spacial score (nSPS) is 15.0. The van der Waals surface area contributed by atoms with E-state index in [9.17, 15) is 14.4 Å². The highest BCUT2D eigenvalue weighted by atomic mass is 35.5. The Morgan fingerprint density at radius 3 is 2.41 bits per heavy atom. The molecule has 0 radical (unpaired) electrons.